The van der Waals surface area contributed by atoms with Gasteiger partial charge >= 0.3 is 0 Å². The molecule has 5 heteroatoms. The Morgan fingerprint density at radius 1 is 1.35 bits per heavy atom. The van der Waals surface area contributed by atoms with E-state index in [1.165, 1.54) is 32.0 Å². The Morgan fingerprint density at radius 2 is 1.94 bits per heavy atom. The maximum absolute atomic E-state index is 12.9. The molecule has 1 rings (SSSR count). The molecular weight excluding hydrogens is 243 g/mol. The summed E-state index contributed by atoms with van der Waals surface area (Å²) in [7, 11) is -3.48. The molecule has 94 valence electrons. The maximum Gasteiger partial charge on any atom is 0.159 e. The summed E-state index contributed by atoms with van der Waals surface area (Å²) in [6, 6.07) is 5.59. The first-order chi connectivity index (χ1) is 7.64. The van der Waals surface area contributed by atoms with Gasteiger partial charge < -0.3 is 0 Å². The fourth-order valence-corrected chi connectivity index (χ4v) is 1.74. The number of carbonyl (C=O) groups excluding carboxylic acids is 1. The van der Waals surface area contributed by atoms with E-state index < -0.39 is 26.2 Å². The van der Waals surface area contributed by atoms with Crippen LogP contribution in [-0.2, 0) is 21.1 Å². The first kappa shape index (κ1) is 13.8. The Hall–Kier alpha value is -1.23. The lowest BCUT2D eigenvalue weighted by Crippen LogP contribution is -2.40. The van der Waals surface area contributed by atoms with Gasteiger partial charge in [0.1, 0.15) is 10.6 Å². The third kappa shape index (κ3) is 3.12. The van der Waals surface area contributed by atoms with Crippen LogP contribution in [-0.4, -0.2) is 25.2 Å². The molecule has 0 aliphatic rings. The van der Waals surface area contributed by atoms with Crippen LogP contribution in [0.1, 0.15) is 19.4 Å². The Kier molecular flexibility index (Phi) is 3.71. The van der Waals surface area contributed by atoms with Crippen molar-refractivity contribution in [3.63, 3.8) is 0 Å². The van der Waals surface area contributed by atoms with Gasteiger partial charge in [0, 0.05) is 12.7 Å². The summed E-state index contributed by atoms with van der Waals surface area (Å²) in [5.41, 5.74) is 0.478. The first-order valence-electron chi connectivity index (χ1n) is 5.12. The first-order valence-corrected chi connectivity index (χ1v) is 7.01. The van der Waals surface area contributed by atoms with E-state index >= 15 is 0 Å². The Bertz CT molecular complexity index is 532. The number of halogens is 1. The lowest BCUT2D eigenvalue weighted by Gasteiger charge is -2.20. The van der Waals surface area contributed by atoms with Crippen LogP contribution >= 0.6 is 0 Å². The molecule has 0 aromatic heterocycles. The summed E-state index contributed by atoms with van der Waals surface area (Å²) in [5.74, 6) is -0.877. The Labute approximate surface area is 101 Å². The number of carbonyl (C=O) groups is 1. The van der Waals surface area contributed by atoms with Crippen LogP contribution in [0, 0.1) is 5.82 Å². The number of benzene rings is 1. The van der Waals surface area contributed by atoms with Gasteiger partial charge in [-0.25, -0.2) is 12.8 Å². The van der Waals surface area contributed by atoms with E-state index in [2.05, 4.69) is 0 Å². The SMILES string of the molecule is CC(C)(C(=O)Cc1cccc(F)c1)S(C)(=O)=O. The molecule has 0 saturated heterocycles. The van der Waals surface area contributed by atoms with Gasteiger partial charge in [0.25, 0.3) is 0 Å². The van der Waals surface area contributed by atoms with Crippen molar-refractivity contribution >= 4 is 15.6 Å². The minimum Gasteiger partial charge on any atom is -0.298 e. The predicted molar refractivity (Wildman–Crippen MR) is 64.0 cm³/mol. The topological polar surface area (TPSA) is 51.2 Å². The molecule has 0 amide bonds. The zero-order valence-electron chi connectivity index (χ0n) is 10.0. The summed E-state index contributed by atoms with van der Waals surface area (Å²) < 4.78 is 34.4. The summed E-state index contributed by atoms with van der Waals surface area (Å²) in [6.07, 6.45) is 0.939. The summed E-state index contributed by atoms with van der Waals surface area (Å²) in [5, 5.41) is 0. The average molecular weight is 258 g/mol. The van der Waals surface area contributed by atoms with E-state index in [-0.39, 0.29) is 6.42 Å². The van der Waals surface area contributed by atoms with Crippen molar-refractivity contribution < 1.29 is 17.6 Å². The zero-order valence-corrected chi connectivity index (χ0v) is 10.8. The van der Waals surface area contributed by atoms with Crippen LogP contribution in [0.3, 0.4) is 0 Å². The lowest BCUT2D eigenvalue weighted by molar-refractivity contribution is -0.120. The Morgan fingerprint density at radius 3 is 2.41 bits per heavy atom. The fraction of sp³-hybridized carbons (Fsp3) is 0.417. The molecule has 1 aromatic carbocycles. The van der Waals surface area contributed by atoms with Gasteiger partial charge in [-0.1, -0.05) is 12.1 Å². The van der Waals surface area contributed by atoms with Crippen molar-refractivity contribution in [2.24, 2.45) is 0 Å². The van der Waals surface area contributed by atoms with Crippen LogP contribution in [0.15, 0.2) is 24.3 Å². The fourth-order valence-electron chi connectivity index (χ4n) is 1.25. The second-order valence-electron chi connectivity index (χ2n) is 4.51. The largest absolute Gasteiger partial charge is 0.298 e. The molecule has 0 unspecified atom stereocenters. The highest BCUT2D eigenvalue weighted by molar-refractivity contribution is 7.92. The average Bonchev–Trinajstić information content (AvgIpc) is 2.15. The molecule has 0 spiro atoms. The molecule has 3 nitrogen and oxygen atoms in total. The number of hydrogen-bond acceptors (Lipinski definition) is 3. The summed E-state index contributed by atoms with van der Waals surface area (Å²) in [6.45, 7) is 2.73. The van der Waals surface area contributed by atoms with Crippen LogP contribution in [0.4, 0.5) is 4.39 Å². The minimum atomic E-state index is -3.48. The normalized spacial score (nSPS) is 12.5. The summed E-state index contributed by atoms with van der Waals surface area (Å²) >= 11 is 0. The molecule has 0 aliphatic carbocycles. The third-order valence-corrected chi connectivity index (χ3v) is 4.93. The number of Topliss-reactive ketones (excluding diaryl/α,β-unsaturated/α-hetero) is 1. The number of ketones is 1. The van der Waals surface area contributed by atoms with Crippen LogP contribution in [0.5, 0.6) is 0 Å². The number of sulfone groups is 1. The molecule has 0 aliphatic heterocycles. The van der Waals surface area contributed by atoms with E-state index in [1.54, 1.807) is 6.07 Å². The molecule has 17 heavy (non-hydrogen) atoms. The molecule has 0 heterocycles. The molecule has 0 N–H and O–H groups in total. The van der Waals surface area contributed by atoms with Crippen LogP contribution in [0.2, 0.25) is 0 Å². The summed E-state index contributed by atoms with van der Waals surface area (Å²) in [4.78, 5) is 11.9. The molecule has 0 radical (unpaired) electrons. The van der Waals surface area contributed by atoms with Gasteiger partial charge in [0.05, 0.1) is 0 Å². The molecule has 0 fully saturated rings. The van der Waals surface area contributed by atoms with E-state index in [1.807, 2.05) is 0 Å². The molecule has 0 atom stereocenters. The standard InChI is InChI=1S/C12H15FO3S/c1-12(2,17(3,15)16)11(14)8-9-5-4-6-10(13)7-9/h4-7H,8H2,1-3H3. The highest BCUT2D eigenvalue weighted by Crippen LogP contribution is 2.19. The quantitative estimate of drug-likeness (QED) is 0.827. The van der Waals surface area contributed by atoms with Gasteiger partial charge in [-0.05, 0) is 31.5 Å². The van der Waals surface area contributed by atoms with Gasteiger partial charge in [0.15, 0.2) is 15.6 Å². The van der Waals surface area contributed by atoms with E-state index in [4.69, 9.17) is 0 Å². The second kappa shape index (κ2) is 4.56. The smallest absolute Gasteiger partial charge is 0.159 e. The van der Waals surface area contributed by atoms with Crippen LogP contribution in [0.25, 0.3) is 0 Å². The lowest BCUT2D eigenvalue weighted by atomic mass is 10.0. The molecule has 1 aromatic rings. The number of hydrogen-bond donors (Lipinski definition) is 0. The highest BCUT2D eigenvalue weighted by atomic mass is 32.2. The zero-order chi connectivity index (χ0) is 13.3. The Balaban J connectivity index is 2.95. The molecule has 0 bridgehead atoms. The van der Waals surface area contributed by atoms with Gasteiger partial charge in [0.2, 0.25) is 0 Å². The second-order valence-corrected chi connectivity index (χ2v) is 7.08. The van der Waals surface area contributed by atoms with Crippen molar-refractivity contribution in [2.45, 2.75) is 25.0 Å². The minimum absolute atomic E-state index is 0.0855. The van der Waals surface area contributed by atoms with E-state index in [0.717, 1.165) is 6.26 Å². The van der Waals surface area contributed by atoms with Gasteiger partial charge in [-0.3, -0.25) is 4.79 Å². The van der Waals surface area contributed by atoms with E-state index in [9.17, 15) is 17.6 Å². The molecule has 0 saturated carbocycles. The van der Waals surface area contributed by atoms with Gasteiger partial charge in [-0.2, -0.15) is 0 Å². The van der Waals surface area contributed by atoms with Crippen molar-refractivity contribution in [3.8, 4) is 0 Å². The van der Waals surface area contributed by atoms with Crippen molar-refractivity contribution in [1.29, 1.82) is 0 Å². The van der Waals surface area contributed by atoms with Crippen LogP contribution < -0.4 is 0 Å². The molecular formula is C12H15FO3S. The predicted octanol–water partition coefficient (Wildman–Crippen LogP) is 1.76. The highest BCUT2D eigenvalue weighted by Gasteiger charge is 2.37. The monoisotopic (exact) mass is 258 g/mol. The van der Waals surface area contributed by atoms with Crippen molar-refractivity contribution in [2.75, 3.05) is 6.26 Å². The van der Waals surface area contributed by atoms with Crippen molar-refractivity contribution in [1.82, 2.24) is 0 Å². The van der Waals surface area contributed by atoms with E-state index in [0.29, 0.717) is 5.56 Å². The third-order valence-electron chi connectivity index (χ3n) is 2.85. The van der Waals surface area contributed by atoms with Crippen molar-refractivity contribution in [3.05, 3.63) is 35.6 Å². The number of rotatable bonds is 4. The maximum atomic E-state index is 12.9. The van der Waals surface area contributed by atoms with Gasteiger partial charge in [-0.15, -0.1) is 0 Å².